The van der Waals surface area contributed by atoms with Crippen LogP contribution in [0.25, 0.3) is 34.4 Å². The molecule has 1 unspecified atom stereocenters. The van der Waals surface area contributed by atoms with E-state index in [1.54, 1.807) is 6.92 Å². The molecule has 354 valence electrons. The van der Waals surface area contributed by atoms with Crippen LogP contribution in [0.15, 0.2) is 34.3 Å². The van der Waals surface area contributed by atoms with Gasteiger partial charge in [0.05, 0.1) is 7.11 Å². The first-order valence-corrected chi connectivity index (χ1v) is 24.5. The zero-order valence-corrected chi connectivity index (χ0v) is 43.5. The van der Waals surface area contributed by atoms with E-state index in [0.29, 0.717) is 62.4 Å². The van der Waals surface area contributed by atoms with Crippen LogP contribution < -0.4 is 20.7 Å². The topological polar surface area (TPSA) is 143 Å². The number of rotatable bonds is 20. The van der Waals surface area contributed by atoms with Crippen LogP contribution in [0.5, 0.6) is 0 Å². The Bertz CT molecular complexity index is 2390. The van der Waals surface area contributed by atoms with E-state index in [9.17, 15) is 19.2 Å². The van der Waals surface area contributed by atoms with E-state index in [1.165, 1.54) is 57.6 Å². The first-order valence-electron chi connectivity index (χ1n) is 24.5. The maximum Gasteiger partial charge on any atom is 2.00 e. The molecule has 6 rings (SSSR count). The van der Waals surface area contributed by atoms with E-state index in [0.717, 1.165) is 53.6 Å². The number of aromatic nitrogens is 2. The Labute approximate surface area is 410 Å². The predicted octanol–water partition coefficient (Wildman–Crippen LogP) is 10.8. The van der Waals surface area contributed by atoms with E-state index < -0.39 is 17.9 Å². The number of hydrogen-bond acceptors (Lipinski definition) is 6. The molecular weight excluding hydrogens is 837 g/mol. The molecule has 8 bridgehead atoms. The van der Waals surface area contributed by atoms with Crippen LogP contribution in [-0.4, -0.2) is 66.3 Å². The Morgan fingerprint density at radius 2 is 1.48 bits per heavy atom. The second-order valence-corrected chi connectivity index (χ2v) is 20.1. The molecule has 0 amide bonds. The van der Waals surface area contributed by atoms with Crippen molar-refractivity contribution >= 4 is 70.4 Å². The molecule has 0 N–H and O–H groups in total. The molecule has 0 saturated carbocycles. The van der Waals surface area contributed by atoms with Gasteiger partial charge in [-0.2, -0.15) is 11.4 Å². The molecule has 1 fully saturated rings. The van der Waals surface area contributed by atoms with Crippen LogP contribution in [0.2, 0.25) is 0 Å². The third-order valence-corrected chi connectivity index (χ3v) is 14.8. The SMILES string of the molecule is CCC1=C2/C=c3\[n-]c4c(c3C)C(=O)[C@H](C(=O)OC)C=4C3[N-]/C(=C\c4[n-]c(c(C(C)=O)c4C)/C=C(\[N-]2)[C@@H]1C)[C@@H](C)[C@@H]3CCC(=O)OC/C=C(\C)CCC[C@H](C)CCC[C@H](C)CCCC(C)C.[Mg+2]. The van der Waals surface area contributed by atoms with Crippen molar-refractivity contribution in [1.82, 2.24) is 9.97 Å². The van der Waals surface area contributed by atoms with Crippen molar-refractivity contribution in [1.29, 1.82) is 0 Å². The minimum Gasteiger partial charge on any atom is -0.681 e. The number of carbonyl (C=O) groups is 4. The van der Waals surface area contributed by atoms with Gasteiger partial charge in [-0.25, -0.2) is 0 Å². The van der Waals surface area contributed by atoms with Gasteiger partial charge in [-0.15, -0.1) is 27.8 Å². The first-order chi connectivity index (χ1) is 30.9. The van der Waals surface area contributed by atoms with Gasteiger partial charge in [0.2, 0.25) is 0 Å². The molecule has 7 atom stereocenters. The monoisotopic (exact) mass is 911 g/mol. The van der Waals surface area contributed by atoms with E-state index in [1.807, 2.05) is 38.2 Å². The first kappa shape index (κ1) is 52.9. The molecule has 3 aliphatic heterocycles. The number of allylic oxidation sites excluding steroid dienone is 4. The number of ether oxygens (including phenoxy) is 2. The Hall–Kier alpha value is -4.09. The van der Waals surface area contributed by atoms with Gasteiger partial charge in [-0.05, 0) is 95.0 Å². The molecule has 2 aromatic rings. The van der Waals surface area contributed by atoms with Gasteiger partial charge in [-0.3, -0.25) is 19.2 Å². The van der Waals surface area contributed by atoms with Gasteiger partial charge in [0.25, 0.3) is 0 Å². The van der Waals surface area contributed by atoms with Gasteiger partial charge >= 0.3 is 35.0 Å². The van der Waals surface area contributed by atoms with E-state index >= 15 is 0 Å². The second kappa shape index (κ2) is 23.3. The maximum atomic E-state index is 14.4. The summed E-state index contributed by atoms with van der Waals surface area (Å²) in [7, 11) is 1.29. The molecule has 5 heterocycles. The van der Waals surface area contributed by atoms with E-state index in [4.69, 9.17) is 30.1 Å². The smallest absolute Gasteiger partial charge is 0.681 e. The molecule has 0 spiro atoms. The number of hydrogen-bond donors (Lipinski definition) is 0. The molecule has 2 aromatic heterocycles. The summed E-state index contributed by atoms with van der Waals surface area (Å²) in [5.41, 5.74) is 8.66. The fourth-order valence-corrected chi connectivity index (χ4v) is 10.7. The normalized spacial score (nSPS) is 24.1. The van der Waals surface area contributed by atoms with Gasteiger partial charge in [-0.1, -0.05) is 146 Å². The van der Waals surface area contributed by atoms with E-state index in [2.05, 4.69) is 55.4 Å². The number of ketones is 2. The van der Waals surface area contributed by atoms with Gasteiger partial charge in [0, 0.05) is 17.5 Å². The zero-order chi connectivity index (χ0) is 47.3. The number of Topliss-reactive ketones (excluding diaryl/α,β-unsaturated/α-hetero) is 2. The molecule has 1 saturated heterocycles. The summed E-state index contributed by atoms with van der Waals surface area (Å²) < 4.78 is 11.1. The Balaban J connectivity index is 0.00000817. The van der Waals surface area contributed by atoms with Crippen molar-refractivity contribution in [2.75, 3.05) is 13.7 Å². The summed E-state index contributed by atoms with van der Waals surface area (Å²) in [6.45, 7) is 23.3. The zero-order valence-electron chi connectivity index (χ0n) is 42.1. The molecule has 11 heteroatoms. The number of carbonyl (C=O) groups excluding carboxylic acids is 4. The minimum atomic E-state index is -1.21. The largest absolute Gasteiger partial charge is 2.00 e. The van der Waals surface area contributed by atoms with Crippen molar-refractivity contribution < 1.29 is 28.7 Å². The predicted molar refractivity (Wildman–Crippen MR) is 266 cm³/mol. The van der Waals surface area contributed by atoms with E-state index in [-0.39, 0.29) is 71.4 Å². The number of esters is 2. The Morgan fingerprint density at radius 3 is 2.12 bits per heavy atom. The standard InChI is InChI=1S/C55H75N4O6.Mg/c1-13-39-34(7)41-29-46-48(38(11)60)36(9)43(57-46)27-42-35(8)40(52(58-42)50-51(55(63)64-12)54(62)49-37(10)44(59-53(49)50)28-45(39)56-41)23-24-47(61)65-26-25-33(6)22-16-21-32(5)20-15-19-31(4)18-14-17-30(2)3;/h25,27-32,34-35,40,51-52H,13-24,26H2,1-12H3,(H-,56,57,60);/q-3;+2/p-1/b33-25+,42-27-,44-28-;/t31-,32-,34-,35+,40+,51-,52?;/m1./s1. The summed E-state index contributed by atoms with van der Waals surface area (Å²) in [5.74, 6) is -0.844. The van der Waals surface area contributed by atoms with Gasteiger partial charge < -0.3 is 30.1 Å². The fraction of sp³-hybridized carbons (Fsp3) is 0.600. The summed E-state index contributed by atoms with van der Waals surface area (Å²) >= 11 is 0. The van der Waals surface area contributed by atoms with Crippen LogP contribution in [0, 0.1) is 55.3 Å². The summed E-state index contributed by atoms with van der Waals surface area (Å²) in [5, 5.41) is 11.4. The number of fused-ring (bicyclic) bond motifs is 8. The molecule has 1 aliphatic carbocycles. The number of methoxy groups -OCH3 is 1. The molecule has 0 aromatic carbocycles. The third kappa shape index (κ3) is 11.8. The van der Waals surface area contributed by atoms with Crippen LogP contribution in [0.1, 0.15) is 183 Å². The molecule has 10 nitrogen and oxygen atoms in total. The minimum absolute atomic E-state index is 0. The molecule has 4 aliphatic rings. The van der Waals surface area contributed by atoms with Gasteiger partial charge in [0.1, 0.15) is 12.5 Å². The molecule has 0 radical (unpaired) electrons. The van der Waals surface area contributed by atoms with Gasteiger partial charge in [0.15, 0.2) is 11.6 Å². The fourth-order valence-electron chi connectivity index (χ4n) is 10.7. The quantitative estimate of drug-likeness (QED) is 0.0420. The van der Waals surface area contributed by atoms with Crippen molar-refractivity contribution in [2.24, 2.45) is 41.4 Å². The third-order valence-electron chi connectivity index (χ3n) is 14.8. The number of nitrogens with zero attached hydrogens (tertiary/aromatic N) is 4. The van der Waals surface area contributed by atoms with Crippen molar-refractivity contribution in [3.05, 3.63) is 89.3 Å². The van der Waals surface area contributed by atoms with Crippen molar-refractivity contribution in [3.8, 4) is 0 Å². The average molecular weight is 912 g/mol. The Kier molecular flexibility index (Phi) is 18.6. The van der Waals surface area contributed by atoms with Crippen LogP contribution in [0.3, 0.4) is 0 Å². The summed E-state index contributed by atoms with van der Waals surface area (Å²) in [6.07, 6.45) is 20.3. The summed E-state index contributed by atoms with van der Waals surface area (Å²) in [6, 6.07) is -0.661. The van der Waals surface area contributed by atoms with Crippen molar-refractivity contribution in [3.63, 3.8) is 0 Å². The second-order valence-electron chi connectivity index (χ2n) is 20.1. The maximum absolute atomic E-state index is 14.4. The van der Waals surface area contributed by atoms with Crippen LogP contribution in [0.4, 0.5) is 0 Å². The average Bonchev–Trinajstić information content (AvgIpc) is 4.00. The Morgan fingerprint density at radius 1 is 0.833 bits per heavy atom. The molecule has 66 heavy (non-hydrogen) atoms. The van der Waals surface area contributed by atoms with Crippen LogP contribution in [-0.2, 0) is 19.1 Å². The summed E-state index contributed by atoms with van der Waals surface area (Å²) in [4.78, 5) is 64.7. The van der Waals surface area contributed by atoms with Crippen molar-refractivity contribution in [2.45, 2.75) is 159 Å². The van der Waals surface area contributed by atoms with Crippen LogP contribution >= 0.6 is 0 Å². The molecular formula is C55H74MgN4O6-2.